The second kappa shape index (κ2) is 3.82. The van der Waals surface area contributed by atoms with Crippen LogP contribution in [-0.2, 0) is 6.54 Å². The fraction of sp³-hybridized carbons (Fsp3) is 0.444. The molecule has 0 atom stereocenters. The minimum Gasteiger partial charge on any atom is -0.488 e. The molecular formula is C9H11N3O3. The van der Waals surface area contributed by atoms with Gasteiger partial charge < -0.3 is 10.5 Å². The summed E-state index contributed by atoms with van der Waals surface area (Å²) in [6, 6.07) is 1.38. The average molecular weight is 209 g/mol. The number of hydrogen-bond donors (Lipinski definition) is 1. The topological polar surface area (TPSA) is 91.3 Å². The van der Waals surface area contributed by atoms with E-state index < -0.39 is 4.92 Å². The lowest BCUT2D eigenvalue weighted by Gasteiger charge is -2.07. The number of nitrogens with two attached hydrogens (primary N) is 1. The molecule has 0 radical (unpaired) electrons. The van der Waals surface area contributed by atoms with E-state index in [1.807, 2.05) is 0 Å². The van der Waals surface area contributed by atoms with Crippen LogP contribution in [0.3, 0.4) is 0 Å². The summed E-state index contributed by atoms with van der Waals surface area (Å²) in [6.45, 7) is 0.222. The lowest BCUT2D eigenvalue weighted by molar-refractivity contribution is -0.385. The van der Waals surface area contributed by atoms with Crippen molar-refractivity contribution >= 4 is 5.69 Å². The molecule has 15 heavy (non-hydrogen) atoms. The van der Waals surface area contributed by atoms with Gasteiger partial charge in [0, 0.05) is 6.54 Å². The standard InChI is InChI=1S/C9H11N3O3/c10-4-8-9(15-7-1-2-7)3-6(5-11-8)12(13)14/h3,5,7H,1-2,4,10H2. The maximum atomic E-state index is 10.5. The van der Waals surface area contributed by atoms with Crippen LogP contribution in [0, 0.1) is 10.1 Å². The molecule has 1 aromatic rings. The second-order valence-electron chi connectivity index (χ2n) is 3.42. The molecule has 2 rings (SSSR count). The van der Waals surface area contributed by atoms with Gasteiger partial charge >= 0.3 is 0 Å². The molecule has 0 aromatic carbocycles. The molecule has 0 saturated heterocycles. The van der Waals surface area contributed by atoms with Crippen molar-refractivity contribution in [3.05, 3.63) is 28.1 Å². The number of nitro groups is 1. The van der Waals surface area contributed by atoms with Gasteiger partial charge in [-0.1, -0.05) is 0 Å². The van der Waals surface area contributed by atoms with Crippen LogP contribution < -0.4 is 10.5 Å². The number of pyridine rings is 1. The molecular weight excluding hydrogens is 198 g/mol. The van der Waals surface area contributed by atoms with Gasteiger partial charge in [0.1, 0.15) is 11.9 Å². The van der Waals surface area contributed by atoms with Crippen LogP contribution in [0.5, 0.6) is 5.75 Å². The van der Waals surface area contributed by atoms with Crippen molar-refractivity contribution in [1.29, 1.82) is 0 Å². The normalized spacial score (nSPS) is 15.0. The number of aromatic nitrogens is 1. The molecule has 0 bridgehead atoms. The predicted octanol–water partition coefficient (Wildman–Crippen LogP) is 0.990. The Balaban J connectivity index is 2.28. The lowest BCUT2D eigenvalue weighted by atomic mass is 10.3. The molecule has 0 spiro atoms. The summed E-state index contributed by atoms with van der Waals surface area (Å²) < 4.78 is 5.49. The van der Waals surface area contributed by atoms with Crippen molar-refractivity contribution in [2.24, 2.45) is 5.73 Å². The van der Waals surface area contributed by atoms with Crippen LogP contribution in [0.1, 0.15) is 18.5 Å². The Morgan fingerprint density at radius 2 is 2.40 bits per heavy atom. The lowest BCUT2D eigenvalue weighted by Crippen LogP contribution is -2.06. The maximum Gasteiger partial charge on any atom is 0.291 e. The van der Waals surface area contributed by atoms with Crippen LogP contribution in [0.2, 0.25) is 0 Å². The van der Waals surface area contributed by atoms with Crippen LogP contribution in [0.4, 0.5) is 5.69 Å². The van der Waals surface area contributed by atoms with Gasteiger partial charge in [0.25, 0.3) is 5.69 Å². The van der Waals surface area contributed by atoms with Crippen molar-refractivity contribution in [1.82, 2.24) is 4.98 Å². The zero-order valence-corrected chi connectivity index (χ0v) is 8.05. The first-order valence-electron chi connectivity index (χ1n) is 4.70. The van der Waals surface area contributed by atoms with E-state index in [0.29, 0.717) is 11.4 Å². The van der Waals surface area contributed by atoms with Gasteiger partial charge in [0.15, 0.2) is 0 Å². The van der Waals surface area contributed by atoms with Crippen molar-refractivity contribution in [3.8, 4) is 5.75 Å². The van der Waals surface area contributed by atoms with E-state index >= 15 is 0 Å². The molecule has 0 aliphatic heterocycles. The number of rotatable bonds is 4. The molecule has 0 amide bonds. The van der Waals surface area contributed by atoms with Gasteiger partial charge in [-0.05, 0) is 12.8 Å². The van der Waals surface area contributed by atoms with Gasteiger partial charge in [0.2, 0.25) is 0 Å². The third kappa shape index (κ3) is 2.21. The van der Waals surface area contributed by atoms with Gasteiger partial charge in [-0.25, -0.2) is 4.98 Å². The van der Waals surface area contributed by atoms with Crippen LogP contribution in [0.15, 0.2) is 12.3 Å². The van der Waals surface area contributed by atoms with E-state index in [2.05, 4.69) is 4.98 Å². The summed E-state index contributed by atoms with van der Waals surface area (Å²) in [6.07, 6.45) is 3.36. The molecule has 1 heterocycles. The van der Waals surface area contributed by atoms with Gasteiger partial charge in [-0.15, -0.1) is 0 Å². The smallest absolute Gasteiger partial charge is 0.291 e. The van der Waals surface area contributed by atoms with E-state index in [9.17, 15) is 10.1 Å². The fourth-order valence-electron chi connectivity index (χ4n) is 1.18. The summed E-state index contributed by atoms with van der Waals surface area (Å²) in [5, 5.41) is 10.5. The zero-order chi connectivity index (χ0) is 10.8. The third-order valence-corrected chi connectivity index (χ3v) is 2.14. The molecule has 1 fully saturated rings. The highest BCUT2D eigenvalue weighted by Crippen LogP contribution is 2.30. The first kappa shape index (κ1) is 9.85. The quantitative estimate of drug-likeness (QED) is 0.589. The average Bonchev–Trinajstić information content (AvgIpc) is 3.01. The first-order valence-corrected chi connectivity index (χ1v) is 4.70. The van der Waals surface area contributed by atoms with Crippen LogP contribution >= 0.6 is 0 Å². The van der Waals surface area contributed by atoms with E-state index in [1.54, 1.807) is 0 Å². The molecule has 6 nitrogen and oxygen atoms in total. The van der Waals surface area contributed by atoms with E-state index in [4.69, 9.17) is 10.5 Å². The highest BCUT2D eigenvalue weighted by Gasteiger charge is 2.25. The summed E-state index contributed by atoms with van der Waals surface area (Å²) in [4.78, 5) is 13.9. The summed E-state index contributed by atoms with van der Waals surface area (Å²) in [7, 11) is 0. The summed E-state index contributed by atoms with van der Waals surface area (Å²) in [5.74, 6) is 0.439. The van der Waals surface area contributed by atoms with Crippen molar-refractivity contribution < 1.29 is 9.66 Å². The first-order chi connectivity index (χ1) is 7.20. The Labute approximate surface area is 86.2 Å². The van der Waals surface area contributed by atoms with Crippen LogP contribution in [0.25, 0.3) is 0 Å². The van der Waals surface area contributed by atoms with Gasteiger partial charge in [-0.3, -0.25) is 10.1 Å². The molecule has 6 heteroatoms. The Morgan fingerprint density at radius 1 is 1.67 bits per heavy atom. The molecule has 1 aliphatic carbocycles. The van der Waals surface area contributed by atoms with Crippen molar-refractivity contribution in [2.75, 3.05) is 0 Å². The minimum atomic E-state index is -0.493. The van der Waals surface area contributed by atoms with E-state index in [-0.39, 0.29) is 18.3 Å². The van der Waals surface area contributed by atoms with Crippen molar-refractivity contribution in [3.63, 3.8) is 0 Å². The van der Waals surface area contributed by atoms with E-state index in [1.165, 1.54) is 12.3 Å². The molecule has 1 saturated carbocycles. The van der Waals surface area contributed by atoms with Crippen LogP contribution in [-0.4, -0.2) is 16.0 Å². The minimum absolute atomic E-state index is 0.0668. The number of hydrogen-bond acceptors (Lipinski definition) is 5. The van der Waals surface area contributed by atoms with Gasteiger partial charge in [-0.2, -0.15) is 0 Å². The molecule has 1 aromatic heterocycles. The monoisotopic (exact) mass is 209 g/mol. The molecule has 0 unspecified atom stereocenters. The van der Waals surface area contributed by atoms with Crippen molar-refractivity contribution in [2.45, 2.75) is 25.5 Å². The Morgan fingerprint density at radius 3 is 2.93 bits per heavy atom. The Bertz CT molecular complexity index is 390. The number of nitrogens with zero attached hydrogens (tertiary/aromatic N) is 2. The maximum absolute atomic E-state index is 10.5. The largest absolute Gasteiger partial charge is 0.488 e. The molecule has 80 valence electrons. The van der Waals surface area contributed by atoms with Gasteiger partial charge in [0.05, 0.1) is 22.8 Å². The third-order valence-electron chi connectivity index (χ3n) is 2.14. The molecule has 2 N–H and O–H groups in total. The summed E-state index contributed by atoms with van der Waals surface area (Å²) in [5.41, 5.74) is 5.96. The Kier molecular flexibility index (Phi) is 2.51. The SMILES string of the molecule is NCc1ncc([N+](=O)[O-])cc1OC1CC1. The zero-order valence-electron chi connectivity index (χ0n) is 8.05. The Hall–Kier alpha value is -1.69. The molecule has 1 aliphatic rings. The second-order valence-corrected chi connectivity index (χ2v) is 3.42. The predicted molar refractivity (Wildman–Crippen MR) is 52.4 cm³/mol. The highest BCUT2D eigenvalue weighted by molar-refractivity contribution is 5.39. The summed E-state index contributed by atoms with van der Waals surface area (Å²) >= 11 is 0. The van der Waals surface area contributed by atoms with E-state index in [0.717, 1.165) is 12.8 Å². The highest BCUT2D eigenvalue weighted by atomic mass is 16.6. The fourth-order valence-corrected chi connectivity index (χ4v) is 1.18. The number of ether oxygens (including phenoxy) is 1.